The van der Waals surface area contributed by atoms with Crippen molar-refractivity contribution in [3.8, 4) is 11.5 Å². The molecule has 1 atom stereocenters. The van der Waals surface area contributed by atoms with Crippen LogP contribution in [0, 0.1) is 0 Å². The van der Waals surface area contributed by atoms with Crippen LogP contribution in [0.4, 0.5) is 0 Å². The van der Waals surface area contributed by atoms with Gasteiger partial charge in [0.2, 0.25) is 0 Å². The highest BCUT2D eigenvalue weighted by Crippen LogP contribution is 2.29. The Morgan fingerprint density at radius 1 is 1.10 bits per heavy atom. The number of benzene rings is 2. The number of para-hydroxylation sites is 1. The molecule has 0 spiro atoms. The lowest BCUT2D eigenvalue weighted by Gasteiger charge is -2.13. The lowest BCUT2D eigenvalue weighted by Crippen LogP contribution is -2.21. The van der Waals surface area contributed by atoms with E-state index in [2.05, 4.69) is 19.9 Å². The predicted molar refractivity (Wildman–Crippen MR) is 89.3 cm³/mol. The molecule has 0 radical (unpaired) electrons. The maximum atomic E-state index is 6.33. The van der Waals surface area contributed by atoms with Crippen LogP contribution in [0.2, 0.25) is 5.02 Å². The molecule has 0 fully saturated rings. The average Bonchev–Trinajstić information content (AvgIpc) is 2.50. The van der Waals surface area contributed by atoms with Gasteiger partial charge in [-0.3, -0.25) is 0 Å². The van der Waals surface area contributed by atoms with Crippen molar-refractivity contribution >= 4 is 11.6 Å². The zero-order valence-corrected chi connectivity index (χ0v) is 13.4. The van der Waals surface area contributed by atoms with Gasteiger partial charge in [-0.2, -0.15) is 0 Å². The third-order valence-corrected chi connectivity index (χ3v) is 3.96. The number of halogens is 1. The molecule has 0 aliphatic carbocycles. The molecule has 0 aromatic heterocycles. The highest BCUT2D eigenvalue weighted by molar-refractivity contribution is 6.31. The van der Waals surface area contributed by atoms with E-state index in [-0.39, 0.29) is 6.04 Å². The van der Waals surface area contributed by atoms with Crippen LogP contribution in [-0.4, -0.2) is 6.04 Å². The van der Waals surface area contributed by atoms with Crippen LogP contribution in [0.25, 0.3) is 0 Å². The second kappa shape index (κ2) is 7.48. The summed E-state index contributed by atoms with van der Waals surface area (Å²) < 4.78 is 5.95. The second-order valence-corrected chi connectivity index (χ2v) is 5.60. The van der Waals surface area contributed by atoms with Crippen molar-refractivity contribution in [2.45, 2.75) is 39.2 Å². The van der Waals surface area contributed by atoms with Crippen LogP contribution >= 0.6 is 11.6 Å². The molecule has 0 aliphatic rings. The lowest BCUT2D eigenvalue weighted by molar-refractivity contribution is 0.476. The van der Waals surface area contributed by atoms with E-state index >= 15 is 0 Å². The van der Waals surface area contributed by atoms with Gasteiger partial charge in [-0.1, -0.05) is 49.7 Å². The number of rotatable bonds is 6. The summed E-state index contributed by atoms with van der Waals surface area (Å²) in [6, 6.07) is 14.0. The van der Waals surface area contributed by atoms with E-state index in [0.717, 1.165) is 36.3 Å². The first-order chi connectivity index (χ1) is 10.1. The van der Waals surface area contributed by atoms with Gasteiger partial charge in [0.05, 0.1) is 0 Å². The van der Waals surface area contributed by atoms with Crippen LogP contribution in [0.15, 0.2) is 42.5 Å². The van der Waals surface area contributed by atoms with Gasteiger partial charge in [0.1, 0.15) is 11.5 Å². The summed E-state index contributed by atoms with van der Waals surface area (Å²) in [7, 11) is 0. The minimum atomic E-state index is 0.148. The SMILES string of the molecule is CCc1ccccc1Oc1ccc(CC(N)CC)c(Cl)c1. The molecule has 2 aromatic rings. The Morgan fingerprint density at radius 2 is 1.86 bits per heavy atom. The van der Waals surface area contributed by atoms with Gasteiger partial charge in [0.15, 0.2) is 0 Å². The van der Waals surface area contributed by atoms with E-state index in [1.165, 1.54) is 5.56 Å². The Bertz CT molecular complexity index is 598. The monoisotopic (exact) mass is 303 g/mol. The molecule has 3 heteroatoms. The fourth-order valence-corrected chi connectivity index (χ4v) is 2.45. The van der Waals surface area contributed by atoms with Gasteiger partial charge in [0.25, 0.3) is 0 Å². The van der Waals surface area contributed by atoms with Gasteiger partial charge in [-0.25, -0.2) is 0 Å². The lowest BCUT2D eigenvalue weighted by atomic mass is 10.0. The number of hydrogen-bond acceptors (Lipinski definition) is 2. The molecule has 0 saturated heterocycles. The first-order valence-electron chi connectivity index (χ1n) is 7.43. The van der Waals surface area contributed by atoms with Crippen molar-refractivity contribution in [1.29, 1.82) is 0 Å². The third-order valence-electron chi connectivity index (χ3n) is 3.61. The van der Waals surface area contributed by atoms with Crippen molar-refractivity contribution in [1.82, 2.24) is 0 Å². The molecule has 2 aromatic carbocycles. The largest absolute Gasteiger partial charge is 0.457 e. The number of ether oxygens (including phenoxy) is 1. The van der Waals surface area contributed by atoms with Crippen LogP contribution in [-0.2, 0) is 12.8 Å². The summed E-state index contributed by atoms with van der Waals surface area (Å²) >= 11 is 6.33. The predicted octanol–water partition coefficient (Wildman–Crippen LogP) is 4.97. The van der Waals surface area contributed by atoms with Crippen molar-refractivity contribution in [3.63, 3.8) is 0 Å². The van der Waals surface area contributed by atoms with Crippen molar-refractivity contribution in [3.05, 3.63) is 58.6 Å². The number of nitrogens with two attached hydrogens (primary N) is 1. The molecule has 0 aliphatic heterocycles. The fraction of sp³-hybridized carbons (Fsp3) is 0.333. The summed E-state index contributed by atoms with van der Waals surface area (Å²) in [5.41, 5.74) is 8.24. The fourth-order valence-electron chi connectivity index (χ4n) is 2.21. The zero-order valence-electron chi connectivity index (χ0n) is 12.6. The van der Waals surface area contributed by atoms with Gasteiger partial charge in [-0.15, -0.1) is 0 Å². The third kappa shape index (κ3) is 4.23. The molecule has 0 bridgehead atoms. The summed E-state index contributed by atoms with van der Waals surface area (Å²) in [6.07, 6.45) is 2.67. The van der Waals surface area contributed by atoms with Crippen LogP contribution < -0.4 is 10.5 Å². The Kier molecular flexibility index (Phi) is 5.66. The summed E-state index contributed by atoms with van der Waals surface area (Å²) in [5.74, 6) is 1.64. The molecule has 21 heavy (non-hydrogen) atoms. The van der Waals surface area contributed by atoms with E-state index in [1.807, 2.05) is 36.4 Å². The maximum absolute atomic E-state index is 6.33. The standard InChI is InChI=1S/C18H22ClNO/c1-3-13-7-5-6-8-18(13)21-16-10-9-14(17(19)12-16)11-15(20)4-2/h5-10,12,15H,3-4,11,20H2,1-2H3. The van der Waals surface area contributed by atoms with Crippen molar-refractivity contribution in [2.75, 3.05) is 0 Å². The Labute approximate surface area is 131 Å². The molecule has 0 heterocycles. The van der Waals surface area contributed by atoms with E-state index in [1.54, 1.807) is 0 Å². The number of hydrogen-bond donors (Lipinski definition) is 1. The van der Waals surface area contributed by atoms with Gasteiger partial charge < -0.3 is 10.5 Å². The van der Waals surface area contributed by atoms with Crippen LogP contribution in [0.5, 0.6) is 11.5 Å². The first-order valence-corrected chi connectivity index (χ1v) is 7.81. The molecular weight excluding hydrogens is 282 g/mol. The zero-order chi connectivity index (χ0) is 15.2. The molecule has 0 saturated carbocycles. The molecule has 2 nitrogen and oxygen atoms in total. The van der Waals surface area contributed by atoms with E-state index in [4.69, 9.17) is 22.1 Å². The van der Waals surface area contributed by atoms with Crippen molar-refractivity contribution in [2.24, 2.45) is 5.73 Å². The van der Waals surface area contributed by atoms with E-state index in [9.17, 15) is 0 Å². The van der Waals surface area contributed by atoms with Crippen LogP contribution in [0.1, 0.15) is 31.4 Å². The number of aryl methyl sites for hydroxylation is 1. The minimum Gasteiger partial charge on any atom is -0.457 e. The Hall–Kier alpha value is -1.51. The molecule has 2 N–H and O–H groups in total. The van der Waals surface area contributed by atoms with E-state index < -0.39 is 0 Å². The summed E-state index contributed by atoms with van der Waals surface area (Å²) in [5, 5.41) is 0.713. The van der Waals surface area contributed by atoms with Crippen molar-refractivity contribution < 1.29 is 4.74 Å². The molecule has 0 amide bonds. The summed E-state index contributed by atoms with van der Waals surface area (Å²) in [6.45, 7) is 4.20. The van der Waals surface area contributed by atoms with Crippen LogP contribution in [0.3, 0.4) is 0 Å². The molecule has 112 valence electrons. The Balaban J connectivity index is 2.16. The molecule has 1 unspecified atom stereocenters. The first kappa shape index (κ1) is 15.9. The topological polar surface area (TPSA) is 35.2 Å². The molecule has 2 rings (SSSR count). The van der Waals surface area contributed by atoms with Gasteiger partial charge in [-0.05, 0) is 48.6 Å². The highest BCUT2D eigenvalue weighted by Gasteiger charge is 2.08. The minimum absolute atomic E-state index is 0.148. The second-order valence-electron chi connectivity index (χ2n) is 5.19. The van der Waals surface area contributed by atoms with E-state index in [0.29, 0.717) is 5.02 Å². The normalized spacial score (nSPS) is 12.2. The Morgan fingerprint density at radius 3 is 2.52 bits per heavy atom. The van der Waals surface area contributed by atoms with Gasteiger partial charge in [0, 0.05) is 11.1 Å². The summed E-state index contributed by atoms with van der Waals surface area (Å²) in [4.78, 5) is 0. The smallest absolute Gasteiger partial charge is 0.130 e. The van der Waals surface area contributed by atoms with Gasteiger partial charge >= 0.3 is 0 Å². The quantitative estimate of drug-likeness (QED) is 0.817. The molecular formula is C18H22ClNO. The average molecular weight is 304 g/mol. The maximum Gasteiger partial charge on any atom is 0.130 e. The highest BCUT2D eigenvalue weighted by atomic mass is 35.5.